The summed E-state index contributed by atoms with van der Waals surface area (Å²) in [7, 11) is -3.74. The summed E-state index contributed by atoms with van der Waals surface area (Å²) in [4.78, 5) is 4.05. The Kier molecular flexibility index (Phi) is 3.91. The zero-order chi connectivity index (χ0) is 14.8. The van der Waals surface area contributed by atoms with Gasteiger partial charge < -0.3 is 15.6 Å². The van der Waals surface area contributed by atoms with Gasteiger partial charge in [0, 0.05) is 13.0 Å². The second-order valence-corrected chi connectivity index (χ2v) is 5.77. The fraction of sp³-hybridized carbons (Fsp3) is 0.273. The van der Waals surface area contributed by atoms with Crippen molar-refractivity contribution in [3.63, 3.8) is 0 Å². The smallest absolute Gasteiger partial charge is 0.238 e. The summed E-state index contributed by atoms with van der Waals surface area (Å²) in [5, 5.41) is 11.8. The van der Waals surface area contributed by atoms with Gasteiger partial charge in [0.15, 0.2) is 5.82 Å². The Morgan fingerprint density at radius 2 is 2.15 bits per heavy atom. The first kappa shape index (κ1) is 14.3. The molecule has 1 aromatic carbocycles. The van der Waals surface area contributed by atoms with Crippen LogP contribution >= 0.6 is 0 Å². The molecule has 2 rings (SSSR count). The molecule has 0 radical (unpaired) electrons. The van der Waals surface area contributed by atoms with Crippen molar-refractivity contribution in [1.29, 1.82) is 0 Å². The second-order valence-electron chi connectivity index (χ2n) is 4.21. The normalized spacial score (nSPS) is 11.5. The first-order valence-corrected chi connectivity index (χ1v) is 7.36. The number of aromatic nitrogens is 2. The maximum absolute atomic E-state index is 11.2. The Labute approximate surface area is 116 Å². The number of nitrogens with one attached hydrogen (secondary N) is 1. The number of rotatable bonds is 5. The molecule has 0 amide bonds. The fourth-order valence-corrected chi connectivity index (χ4v) is 2.17. The summed E-state index contributed by atoms with van der Waals surface area (Å²) in [6.45, 7) is 2.27. The minimum atomic E-state index is -3.74. The van der Waals surface area contributed by atoms with Crippen molar-refractivity contribution in [3.05, 3.63) is 29.9 Å². The minimum Gasteiger partial charge on any atom is -0.397 e. The van der Waals surface area contributed by atoms with Crippen LogP contribution in [0.1, 0.15) is 11.7 Å². The Morgan fingerprint density at radius 3 is 2.70 bits per heavy atom. The molecule has 0 saturated carbocycles. The van der Waals surface area contributed by atoms with E-state index in [-0.39, 0.29) is 4.90 Å². The van der Waals surface area contributed by atoms with E-state index in [0.717, 1.165) is 0 Å². The molecule has 2 aromatic rings. The number of hydrogen-bond donors (Lipinski definition) is 3. The van der Waals surface area contributed by atoms with Crippen molar-refractivity contribution in [2.75, 3.05) is 17.6 Å². The van der Waals surface area contributed by atoms with Crippen molar-refractivity contribution in [3.8, 4) is 0 Å². The molecule has 0 bridgehead atoms. The van der Waals surface area contributed by atoms with Crippen LogP contribution in [0.2, 0.25) is 0 Å². The van der Waals surface area contributed by atoms with E-state index in [4.69, 9.17) is 15.4 Å². The molecule has 0 spiro atoms. The van der Waals surface area contributed by atoms with Gasteiger partial charge in [0.2, 0.25) is 15.9 Å². The molecule has 0 aliphatic rings. The standard InChI is InChI=1S/C11H15N5O3S/c1-7-15-11(19-16-7)4-5-14-10-3-2-8(6-9(10)12)20(13,17)18/h2-3,6,14H,4-5,12H2,1H3,(H2,13,17,18). The Bertz CT molecular complexity index is 711. The Morgan fingerprint density at radius 1 is 1.40 bits per heavy atom. The van der Waals surface area contributed by atoms with Crippen LogP contribution < -0.4 is 16.2 Å². The zero-order valence-corrected chi connectivity index (χ0v) is 11.6. The maximum atomic E-state index is 11.2. The maximum Gasteiger partial charge on any atom is 0.238 e. The van der Waals surface area contributed by atoms with Gasteiger partial charge in [0.25, 0.3) is 0 Å². The van der Waals surface area contributed by atoms with E-state index in [0.29, 0.717) is 36.1 Å². The summed E-state index contributed by atoms with van der Waals surface area (Å²) < 4.78 is 27.3. The van der Waals surface area contributed by atoms with Gasteiger partial charge in [-0.15, -0.1) is 0 Å². The Hall–Kier alpha value is -2.13. The molecule has 9 heteroatoms. The van der Waals surface area contributed by atoms with Crippen molar-refractivity contribution >= 4 is 21.4 Å². The highest BCUT2D eigenvalue weighted by molar-refractivity contribution is 7.89. The zero-order valence-electron chi connectivity index (χ0n) is 10.8. The van der Waals surface area contributed by atoms with E-state index in [1.54, 1.807) is 13.0 Å². The number of nitrogens with two attached hydrogens (primary N) is 2. The van der Waals surface area contributed by atoms with Gasteiger partial charge in [0.05, 0.1) is 16.3 Å². The van der Waals surface area contributed by atoms with Gasteiger partial charge in [-0.3, -0.25) is 0 Å². The molecular weight excluding hydrogens is 282 g/mol. The van der Waals surface area contributed by atoms with Crippen molar-refractivity contribution < 1.29 is 12.9 Å². The largest absolute Gasteiger partial charge is 0.397 e. The first-order chi connectivity index (χ1) is 9.36. The third kappa shape index (κ3) is 3.45. The lowest BCUT2D eigenvalue weighted by Crippen LogP contribution is -2.13. The van der Waals surface area contributed by atoms with Gasteiger partial charge in [-0.25, -0.2) is 13.6 Å². The quantitative estimate of drug-likeness (QED) is 0.673. The molecule has 0 aliphatic heterocycles. The van der Waals surface area contributed by atoms with Crippen LogP contribution in [-0.2, 0) is 16.4 Å². The lowest BCUT2D eigenvalue weighted by atomic mass is 10.2. The highest BCUT2D eigenvalue weighted by Crippen LogP contribution is 2.21. The molecule has 0 fully saturated rings. The predicted molar refractivity (Wildman–Crippen MR) is 73.5 cm³/mol. The van der Waals surface area contributed by atoms with Crippen LogP contribution in [0.4, 0.5) is 11.4 Å². The summed E-state index contributed by atoms with van der Waals surface area (Å²) in [6, 6.07) is 4.27. The average Bonchev–Trinajstić information content (AvgIpc) is 2.76. The lowest BCUT2D eigenvalue weighted by molar-refractivity contribution is 0.377. The molecule has 20 heavy (non-hydrogen) atoms. The van der Waals surface area contributed by atoms with Gasteiger partial charge in [-0.05, 0) is 25.1 Å². The van der Waals surface area contributed by atoms with Crippen LogP contribution in [0.5, 0.6) is 0 Å². The summed E-state index contributed by atoms with van der Waals surface area (Å²) in [6.07, 6.45) is 0.539. The van der Waals surface area contributed by atoms with Crippen LogP contribution in [0.15, 0.2) is 27.6 Å². The monoisotopic (exact) mass is 297 g/mol. The topological polar surface area (TPSA) is 137 Å². The molecule has 1 aromatic heterocycles. The molecule has 8 nitrogen and oxygen atoms in total. The molecule has 0 unspecified atom stereocenters. The number of sulfonamides is 1. The highest BCUT2D eigenvalue weighted by Gasteiger charge is 2.10. The highest BCUT2D eigenvalue weighted by atomic mass is 32.2. The second kappa shape index (κ2) is 5.47. The van der Waals surface area contributed by atoms with Crippen LogP contribution in [0.25, 0.3) is 0 Å². The molecule has 5 N–H and O–H groups in total. The van der Waals surface area contributed by atoms with Gasteiger partial charge in [0.1, 0.15) is 0 Å². The average molecular weight is 297 g/mol. The number of primary sulfonamides is 1. The fourth-order valence-electron chi connectivity index (χ4n) is 1.62. The van der Waals surface area contributed by atoms with E-state index < -0.39 is 10.0 Å². The number of hydrogen-bond acceptors (Lipinski definition) is 7. The number of aryl methyl sites for hydroxylation is 1. The Balaban J connectivity index is 2.00. The van der Waals surface area contributed by atoms with Gasteiger partial charge in [-0.1, -0.05) is 5.16 Å². The van der Waals surface area contributed by atoms with E-state index >= 15 is 0 Å². The third-order valence-corrected chi connectivity index (χ3v) is 3.49. The molecule has 1 heterocycles. The van der Waals surface area contributed by atoms with E-state index in [2.05, 4.69) is 15.5 Å². The lowest BCUT2D eigenvalue weighted by Gasteiger charge is -2.09. The summed E-state index contributed by atoms with van der Waals surface area (Å²) in [5.74, 6) is 1.10. The molecular formula is C11H15N5O3S. The van der Waals surface area contributed by atoms with Crippen molar-refractivity contribution in [2.24, 2.45) is 5.14 Å². The van der Waals surface area contributed by atoms with Crippen molar-refractivity contribution in [2.45, 2.75) is 18.2 Å². The number of nitrogen functional groups attached to an aromatic ring is 1. The van der Waals surface area contributed by atoms with E-state index in [9.17, 15) is 8.42 Å². The summed E-state index contributed by atoms with van der Waals surface area (Å²) >= 11 is 0. The van der Waals surface area contributed by atoms with Gasteiger partial charge >= 0.3 is 0 Å². The minimum absolute atomic E-state index is 0.0203. The first-order valence-electron chi connectivity index (χ1n) is 5.81. The third-order valence-electron chi connectivity index (χ3n) is 2.58. The van der Waals surface area contributed by atoms with Crippen LogP contribution in [0, 0.1) is 6.92 Å². The number of anilines is 2. The SMILES string of the molecule is Cc1noc(CCNc2ccc(S(N)(=O)=O)cc2N)n1. The van der Waals surface area contributed by atoms with E-state index in [1.807, 2.05) is 0 Å². The van der Waals surface area contributed by atoms with Gasteiger partial charge in [-0.2, -0.15) is 4.98 Å². The molecule has 0 saturated heterocycles. The number of nitrogens with zero attached hydrogens (tertiary/aromatic N) is 2. The van der Waals surface area contributed by atoms with E-state index in [1.165, 1.54) is 12.1 Å². The van der Waals surface area contributed by atoms with Crippen LogP contribution in [-0.4, -0.2) is 25.1 Å². The summed E-state index contributed by atoms with van der Waals surface area (Å²) in [5.41, 5.74) is 6.69. The van der Waals surface area contributed by atoms with Crippen molar-refractivity contribution in [1.82, 2.24) is 10.1 Å². The predicted octanol–water partition coefficient (Wildman–Crippen LogP) is 0.262. The molecule has 108 valence electrons. The number of benzene rings is 1. The molecule has 0 aliphatic carbocycles. The molecule has 0 atom stereocenters. The van der Waals surface area contributed by atoms with Crippen LogP contribution in [0.3, 0.4) is 0 Å².